The van der Waals surface area contributed by atoms with E-state index >= 15 is 0 Å². The largest absolute Gasteiger partial charge is 0.436 e. The van der Waals surface area contributed by atoms with Crippen LogP contribution in [0.3, 0.4) is 0 Å². The van der Waals surface area contributed by atoms with Crippen molar-refractivity contribution in [1.82, 2.24) is 15.2 Å². The molecule has 2 saturated heterocycles. The zero-order valence-corrected chi connectivity index (χ0v) is 13.8. The number of hydrogen-bond acceptors (Lipinski definition) is 5. The van der Waals surface area contributed by atoms with Crippen LogP contribution in [0.2, 0.25) is 0 Å². The molecule has 3 rings (SSSR count). The van der Waals surface area contributed by atoms with Gasteiger partial charge in [-0.1, -0.05) is 13.8 Å². The van der Waals surface area contributed by atoms with Gasteiger partial charge in [0.05, 0.1) is 18.4 Å². The number of rotatable bonds is 3. The van der Waals surface area contributed by atoms with Crippen LogP contribution in [0.5, 0.6) is 0 Å². The predicted molar refractivity (Wildman–Crippen MR) is 81.8 cm³/mol. The molecular formula is C16H25N3O3. The Labute approximate surface area is 131 Å². The lowest BCUT2D eigenvalue weighted by molar-refractivity contribution is -0.0683. The maximum absolute atomic E-state index is 12.3. The molecule has 122 valence electrons. The van der Waals surface area contributed by atoms with Crippen LogP contribution in [0, 0.1) is 19.8 Å². The number of ether oxygens (including phenoxy) is 1. The van der Waals surface area contributed by atoms with Crippen molar-refractivity contribution in [3.05, 3.63) is 17.3 Å². The van der Waals surface area contributed by atoms with Gasteiger partial charge in [0.15, 0.2) is 5.89 Å². The normalized spacial score (nSPS) is 28.9. The van der Waals surface area contributed by atoms with Crippen molar-refractivity contribution < 1.29 is 13.9 Å². The summed E-state index contributed by atoms with van der Waals surface area (Å²) in [4.78, 5) is 18.9. The average molecular weight is 307 g/mol. The highest BCUT2D eigenvalue weighted by atomic mass is 16.5. The van der Waals surface area contributed by atoms with E-state index < -0.39 is 0 Å². The topological polar surface area (TPSA) is 67.6 Å². The van der Waals surface area contributed by atoms with E-state index in [0.717, 1.165) is 26.1 Å². The van der Waals surface area contributed by atoms with Gasteiger partial charge in [0.2, 0.25) is 5.76 Å². The molecule has 0 spiro atoms. The van der Waals surface area contributed by atoms with Crippen molar-refractivity contribution in [2.45, 2.75) is 52.3 Å². The van der Waals surface area contributed by atoms with Gasteiger partial charge >= 0.3 is 0 Å². The second-order valence-electron chi connectivity index (χ2n) is 6.78. The molecule has 2 aliphatic heterocycles. The minimum Gasteiger partial charge on any atom is -0.436 e. The first-order chi connectivity index (χ1) is 10.4. The third-order valence-electron chi connectivity index (χ3n) is 4.63. The van der Waals surface area contributed by atoms with E-state index in [9.17, 15) is 4.79 Å². The number of carbonyl (C=O) groups excluding carboxylic acids is 1. The molecule has 0 saturated carbocycles. The Balaban J connectivity index is 1.59. The fraction of sp³-hybridized carbons (Fsp3) is 0.750. The Morgan fingerprint density at radius 3 is 2.77 bits per heavy atom. The van der Waals surface area contributed by atoms with Gasteiger partial charge in [-0.15, -0.1) is 0 Å². The average Bonchev–Trinajstić information content (AvgIpc) is 2.99. The van der Waals surface area contributed by atoms with Gasteiger partial charge in [-0.2, -0.15) is 0 Å². The molecule has 0 radical (unpaired) electrons. The SMILES string of the molecule is Cc1nc(C)c(C(=O)N[C@@H]2C[C@H]3CO[C@@H](C(C)C)CN3C2)o1. The first-order valence-corrected chi connectivity index (χ1v) is 8.04. The molecule has 0 bridgehead atoms. The monoisotopic (exact) mass is 307 g/mol. The van der Waals surface area contributed by atoms with E-state index in [4.69, 9.17) is 9.15 Å². The molecule has 6 nitrogen and oxygen atoms in total. The zero-order valence-electron chi connectivity index (χ0n) is 13.8. The van der Waals surface area contributed by atoms with Crippen LogP contribution in [0.15, 0.2) is 4.42 Å². The highest BCUT2D eigenvalue weighted by molar-refractivity contribution is 5.92. The lowest BCUT2D eigenvalue weighted by Gasteiger charge is -2.36. The van der Waals surface area contributed by atoms with Gasteiger partial charge in [-0.3, -0.25) is 9.69 Å². The molecule has 1 amide bonds. The Morgan fingerprint density at radius 2 is 2.14 bits per heavy atom. The maximum Gasteiger partial charge on any atom is 0.289 e. The Bertz CT molecular complexity index is 555. The number of nitrogens with zero attached hydrogens (tertiary/aromatic N) is 2. The maximum atomic E-state index is 12.3. The minimum atomic E-state index is -0.163. The van der Waals surface area contributed by atoms with Crippen LogP contribution in [-0.4, -0.2) is 53.7 Å². The van der Waals surface area contributed by atoms with Crippen molar-refractivity contribution in [3.8, 4) is 0 Å². The predicted octanol–water partition coefficient (Wildman–Crippen LogP) is 1.52. The summed E-state index contributed by atoms with van der Waals surface area (Å²) in [6.45, 7) is 10.5. The van der Waals surface area contributed by atoms with E-state index in [2.05, 4.69) is 29.0 Å². The second-order valence-corrected chi connectivity index (χ2v) is 6.78. The number of aromatic nitrogens is 1. The van der Waals surface area contributed by atoms with Crippen LogP contribution >= 0.6 is 0 Å². The second kappa shape index (κ2) is 6.01. The van der Waals surface area contributed by atoms with E-state index in [1.807, 2.05) is 0 Å². The molecule has 0 aromatic carbocycles. The molecule has 22 heavy (non-hydrogen) atoms. The first kappa shape index (κ1) is 15.5. The summed E-state index contributed by atoms with van der Waals surface area (Å²) >= 11 is 0. The van der Waals surface area contributed by atoms with Crippen molar-refractivity contribution in [2.24, 2.45) is 5.92 Å². The summed E-state index contributed by atoms with van der Waals surface area (Å²) in [6, 6.07) is 0.565. The van der Waals surface area contributed by atoms with Crippen LogP contribution in [0.25, 0.3) is 0 Å². The fourth-order valence-corrected chi connectivity index (χ4v) is 3.40. The number of morpholine rings is 1. The first-order valence-electron chi connectivity index (χ1n) is 8.04. The summed E-state index contributed by atoms with van der Waals surface area (Å²) in [6.07, 6.45) is 1.23. The quantitative estimate of drug-likeness (QED) is 0.917. The van der Waals surface area contributed by atoms with E-state index in [1.54, 1.807) is 13.8 Å². The number of nitrogens with one attached hydrogen (secondary N) is 1. The van der Waals surface area contributed by atoms with Crippen LogP contribution < -0.4 is 5.32 Å². The summed E-state index contributed by atoms with van der Waals surface area (Å²) < 4.78 is 11.3. The highest BCUT2D eigenvalue weighted by Gasteiger charge is 2.38. The number of amides is 1. The molecule has 1 aromatic rings. The molecule has 1 aromatic heterocycles. The van der Waals surface area contributed by atoms with Gasteiger partial charge in [0.25, 0.3) is 5.91 Å². The van der Waals surface area contributed by atoms with E-state index in [0.29, 0.717) is 35.4 Å². The molecule has 0 aliphatic carbocycles. The number of aryl methyl sites for hydroxylation is 2. The van der Waals surface area contributed by atoms with E-state index in [-0.39, 0.29) is 11.9 Å². The van der Waals surface area contributed by atoms with Gasteiger partial charge in [-0.05, 0) is 19.3 Å². The standard InChI is InChI=1S/C16H25N3O3/c1-9(2)14-7-19-6-12(5-13(19)8-21-14)18-16(20)15-10(3)17-11(4)22-15/h9,12-14H,5-8H2,1-4H3,(H,18,20)/t12-,13+,14-/m1/s1. The van der Waals surface area contributed by atoms with Crippen LogP contribution in [0.4, 0.5) is 0 Å². The van der Waals surface area contributed by atoms with Crippen molar-refractivity contribution in [3.63, 3.8) is 0 Å². The number of hydrogen-bond donors (Lipinski definition) is 1. The summed E-state index contributed by atoms with van der Waals surface area (Å²) in [5, 5.41) is 3.08. The van der Waals surface area contributed by atoms with Crippen molar-refractivity contribution in [2.75, 3.05) is 19.7 Å². The smallest absolute Gasteiger partial charge is 0.289 e. The Morgan fingerprint density at radius 1 is 1.36 bits per heavy atom. The summed E-state index contributed by atoms with van der Waals surface area (Å²) in [7, 11) is 0. The van der Waals surface area contributed by atoms with Gasteiger partial charge in [0, 0.05) is 32.1 Å². The molecule has 1 N–H and O–H groups in total. The third-order valence-corrected chi connectivity index (χ3v) is 4.63. The van der Waals surface area contributed by atoms with Crippen molar-refractivity contribution in [1.29, 1.82) is 0 Å². The Hall–Kier alpha value is -1.40. The molecule has 2 aliphatic rings. The van der Waals surface area contributed by atoms with Gasteiger partial charge in [0.1, 0.15) is 0 Å². The van der Waals surface area contributed by atoms with Crippen molar-refractivity contribution >= 4 is 5.91 Å². The van der Waals surface area contributed by atoms with Crippen LogP contribution in [-0.2, 0) is 4.74 Å². The zero-order chi connectivity index (χ0) is 15.9. The number of oxazole rings is 1. The molecule has 2 fully saturated rings. The summed E-state index contributed by atoms with van der Waals surface area (Å²) in [5.74, 6) is 1.22. The Kier molecular flexibility index (Phi) is 4.23. The molecule has 6 heteroatoms. The van der Waals surface area contributed by atoms with E-state index in [1.165, 1.54) is 0 Å². The fourth-order valence-electron chi connectivity index (χ4n) is 3.40. The number of fused-ring (bicyclic) bond motifs is 1. The molecule has 3 atom stereocenters. The molecular weight excluding hydrogens is 282 g/mol. The summed E-state index contributed by atoms with van der Waals surface area (Å²) in [5.41, 5.74) is 0.647. The lowest BCUT2D eigenvalue weighted by atomic mass is 10.0. The van der Waals surface area contributed by atoms with Gasteiger partial charge in [-0.25, -0.2) is 4.98 Å². The van der Waals surface area contributed by atoms with Gasteiger partial charge < -0.3 is 14.5 Å². The molecule has 0 unspecified atom stereocenters. The number of carbonyl (C=O) groups is 1. The molecule has 3 heterocycles. The minimum absolute atomic E-state index is 0.150. The third kappa shape index (κ3) is 3.03. The van der Waals surface area contributed by atoms with Crippen LogP contribution in [0.1, 0.15) is 42.4 Å². The lowest BCUT2D eigenvalue weighted by Crippen LogP contribution is -2.48. The highest BCUT2D eigenvalue weighted by Crippen LogP contribution is 2.26.